The van der Waals surface area contributed by atoms with Crippen LogP contribution in [0.4, 0.5) is 4.39 Å². The van der Waals surface area contributed by atoms with E-state index in [4.69, 9.17) is 16.3 Å². The molecule has 1 unspecified atom stereocenters. The number of carbonyl (C=O) groups is 1. The van der Waals surface area contributed by atoms with E-state index in [0.717, 1.165) is 19.4 Å². The molecule has 23 heavy (non-hydrogen) atoms. The number of hydrogen-bond donors (Lipinski definition) is 0. The molecule has 0 radical (unpaired) electrons. The summed E-state index contributed by atoms with van der Waals surface area (Å²) in [7, 11) is 0. The standard InChI is InChI=1S/C17H22ClFN2O2/c18-15-4-1-5-16(19)14(15)12-20-6-2-3-13(11-20)17(22)21-7-9-23-10-8-21/h1,4-5,13H,2-3,6-12H2. The van der Waals surface area contributed by atoms with Crippen LogP contribution in [-0.4, -0.2) is 55.1 Å². The van der Waals surface area contributed by atoms with Gasteiger partial charge in [0.2, 0.25) is 5.91 Å². The second kappa shape index (κ2) is 7.60. The molecule has 2 aliphatic heterocycles. The number of amides is 1. The Balaban J connectivity index is 1.63. The molecule has 0 aromatic heterocycles. The van der Waals surface area contributed by atoms with Crippen LogP contribution in [-0.2, 0) is 16.1 Å². The van der Waals surface area contributed by atoms with Crippen LogP contribution in [0.2, 0.25) is 5.02 Å². The van der Waals surface area contributed by atoms with Gasteiger partial charge in [0.05, 0.1) is 19.1 Å². The first-order valence-corrected chi connectivity index (χ1v) is 8.54. The van der Waals surface area contributed by atoms with E-state index in [9.17, 15) is 9.18 Å². The van der Waals surface area contributed by atoms with Gasteiger partial charge in [0.1, 0.15) is 5.82 Å². The van der Waals surface area contributed by atoms with Crippen molar-refractivity contribution in [3.05, 3.63) is 34.6 Å². The molecule has 4 nitrogen and oxygen atoms in total. The Morgan fingerprint density at radius 1 is 1.30 bits per heavy atom. The second-order valence-electron chi connectivity index (χ2n) is 6.21. The highest BCUT2D eigenvalue weighted by Crippen LogP contribution is 2.25. The third kappa shape index (κ3) is 4.03. The van der Waals surface area contributed by atoms with Gasteiger partial charge in [-0.05, 0) is 31.5 Å². The molecule has 1 atom stereocenters. The van der Waals surface area contributed by atoms with E-state index in [-0.39, 0.29) is 17.6 Å². The average Bonchev–Trinajstić information content (AvgIpc) is 2.59. The molecule has 0 aliphatic carbocycles. The summed E-state index contributed by atoms with van der Waals surface area (Å²) in [6.07, 6.45) is 1.85. The fourth-order valence-corrected chi connectivity index (χ4v) is 3.57. The molecule has 1 aromatic carbocycles. The van der Waals surface area contributed by atoms with Gasteiger partial charge in [-0.25, -0.2) is 4.39 Å². The SMILES string of the molecule is O=C(C1CCCN(Cc2c(F)cccc2Cl)C1)N1CCOCC1. The third-order valence-electron chi connectivity index (χ3n) is 4.62. The van der Waals surface area contributed by atoms with E-state index in [1.54, 1.807) is 12.1 Å². The van der Waals surface area contributed by atoms with Gasteiger partial charge in [0.25, 0.3) is 0 Å². The van der Waals surface area contributed by atoms with Crippen molar-refractivity contribution >= 4 is 17.5 Å². The summed E-state index contributed by atoms with van der Waals surface area (Å²) < 4.78 is 19.3. The van der Waals surface area contributed by atoms with Crippen LogP contribution < -0.4 is 0 Å². The molecule has 6 heteroatoms. The molecule has 2 saturated heterocycles. The predicted octanol–water partition coefficient (Wildman–Crippen LogP) is 2.55. The van der Waals surface area contributed by atoms with E-state index < -0.39 is 0 Å². The first-order valence-electron chi connectivity index (χ1n) is 8.17. The molecular weight excluding hydrogens is 319 g/mol. The Bertz CT molecular complexity index is 543. The number of piperidine rings is 1. The molecule has 2 fully saturated rings. The van der Waals surface area contributed by atoms with Crippen LogP contribution in [0.15, 0.2) is 18.2 Å². The number of halogens is 2. The van der Waals surface area contributed by atoms with Crippen molar-refractivity contribution in [1.82, 2.24) is 9.80 Å². The van der Waals surface area contributed by atoms with Gasteiger partial charge in [0, 0.05) is 36.8 Å². The maximum absolute atomic E-state index is 14.0. The number of carbonyl (C=O) groups excluding carboxylic acids is 1. The zero-order valence-corrected chi connectivity index (χ0v) is 13.9. The van der Waals surface area contributed by atoms with Gasteiger partial charge < -0.3 is 9.64 Å². The van der Waals surface area contributed by atoms with Gasteiger partial charge in [-0.3, -0.25) is 9.69 Å². The average molecular weight is 341 g/mol. The predicted molar refractivity (Wildman–Crippen MR) is 86.8 cm³/mol. The quantitative estimate of drug-likeness (QED) is 0.847. The van der Waals surface area contributed by atoms with Crippen LogP contribution >= 0.6 is 11.6 Å². The molecular formula is C17H22ClFN2O2. The van der Waals surface area contributed by atoms with Gasteiger partial charge in [-0.1, -0.05) is 17.7 Å². The van der Waals surface area contributed by atoms with E-state index in [2.05, 4.69) is 4.90 Å². The first-order chi connectivity index (χ1) is 11.1. The number of rotatable bonds is 3. The lowest BCUT2D eigenvalue weighted by Crippen LogP contribution is -2.48. The summed E-state index contributed by atoms with van der Waals surface area (Å²) in [5, 5.41) is 0.451. The fourth-order valence-electron chi connectivity index (χ4n) is 3.35. The minimum Gasteiger partial charge on any atom is -0.378 e. The van der Waals surface area contributed by atoms with Gasteiger partial charge in [-0.2, -0.15) is 0 Å². The second-order valence-corrected chi connectivity index (χ2v) is 6.62. The molecule has 126 valence electrons. The fraction of sp³-hybridized carbons (Fsp3) is 0.588. The van der Waals surface area contributed by atoms with E-state index >= 15 is 0 Å². The molecule has 0 bridgehead atoms. The lowest BCUT2D eigenvalue weighted by molar-refractivity contribution is -0.141. The molecule has 2 heterocycles. The topological polar surface area (TPSA) is 32.8 Å². The van der Waals surface area contributed by atoms with Crippen LogP contribution in [0.25, 0.3) is 0 Å². The first kappa shape index (κ1) is 16.7. The van der Waals surface area contributed by atoms with Crippen molar-refractivity contribution in [2.45, 2.75) is 19.4 Å². The molecule has 3 rings (SSSR count). The van der Waals surface area contributed by atoms with Crippen molar-refractivity contribution in [3.8, 4) is 0 Å². The monoisotopic (exact) mass is 340 g/mol. The molecule has 1 aromatic rings. The number of nitrogens with zero attached hydrogens (tertiary/aromatic N) is 2. The smallest absolute Gasteiger partial charge is 0.227 e. The Labute approximate surface area is 141 Å². The summed E-state index contributed by atoms with van der Waals surface area (Å²) in [6.45, 7) is 4.58. The molecule has 0 N–H and O–H groups in total. The lowest BCUT2D eigenvalue weighted by atomic mass is 9.96. The highest BCUT2D eigenvalue weighted by Gasteiger charge is 2.30. The van der Waals surface area contributed by atoms with E-state index in [0.29, 0.717) is 50.0 Å². The Morgan fingerprint density at radius 2 is 2.09 bits per heavy atom. The highest BCUT2D eigenvalue weighted by atomic mass is 35.5. The van der Waals surface area contributed by atoms with E-state index in [1.165, 1.54) is 6.07 Å². The van der Waals surface area contributed by atoms with Crippen LogP contribution in [0.1, 0.15) is 18.4 Å². The highest BCUT2D eigenvalue weighted by molar-refractivity contribution is 6.31. The molecule has 0 saturated carbocycles. The molecule has 2 aliphatic rings. The summed E-state index contributed by atoms with van der Waals surface area (Å²) in [5.41, 5.74) is 0.522. The summed E-state index contributed by atoms with van der Waals surface area (Å²) >= 11 is 6.11. The Kier molecular flexibility index (Phi) is 5.51. The molecule has 0 spiro atoms. The van der Waals surface area contributed by atoms with Crippen LogP contribution in [0, 0.1) is 11.7 Å². The van der Waals surface area contributed by atoms with Crippen molar-refractivity contribution < 1.29 is 13.9 Å². The zero-order valence-electron chi connectivity index (χ0n) is 13.1. The normalized spacial score (nSPS) is 23.0. The third-order valence-corrected chi connectivity index (χ3v) is 4.98. The largest absolute Gasteiger partial charge is 0.378 e. The van der Waals surface area contributed by atoms with Crippen molar-refractivity contribution in [2.75, 3.05) is 39.4 Å². The van der Waals surface area contributed by atoms with Gasteiger partial charge >= 0.3 is 0 Å². The van der Waals surface area contributed by atoms with Crippen molar-refractivity contribution in [1.29, 1.82) is 0 Å². The lowest BCUT2D eigenvalue weighted by Gasteiger charge is -2.36. The van der Waals surface area contributed by atoms with Crippen molar-refractivity contribution in [3.63, 3.8) is 0 Å². The number of benzene rings is 1. The summed E-state index contributed by atoms with van der Waals surface area (Å²) in [4.78, 5) is 16.7. The number of morpholine rings is 1. The number of likely N-dealkylation sites (tertiary alicyclic amines) is 1. The number of ether oxygens (including phenoxy) is 1. The molecule has 1 amide bonds. The van der Waals surface area contributed by atoms with E-state index in [1.807, 2.05) is 4.90 Å². The zero-order chi connectivity index (χ0) is 16.2. The van der Waals surface area contributed by atoms with Gasteiger partial charge in [-0.15, -0.1) is 0 Å². The minimum atomic E-state index is -0.279. The van der Waals surface area contributed by atoms with Crippen molar-refractivity contribution in [2.24, 2.45) is 5.92 Å². The minimum absolute atomic E-state index is 0.00704. The summed E-state index contributed by atoms with van der Waals surface area (Å²) in [6, 6.07) is 4.75. The van der Waals surface area contributed by atoms with Gasteiger partial charge in [0.15, 0.2) is 0 Å². The maximum atomic E-state index is 14.0. The Morgan fingerprint density at radius 3 is 2.83 bits per heavy atom. The van der Waals surface area contributed by atoms with Crippen LogP contribution in [0.5, 0.6) is 0 Å². The summed E-state index contributed by atoms with van der Waals surface area (Å²) in [5.74, 6) is -0.0795. The Hall–Kier alpha value is -1.17. The van der Waals surface area contributed by atoms with Crippen LogP contribution in [0.3, 0.4) is 0 Å². The number of hydrogen-bond acceptors (Lipinski definition) is 3. The maximum Gasteiger partial charge on any atom is 0.227 e.